The molecule has 0 amide bonds. The Labute approximate surface area is 549 Å². The molecule has 8 rings (SSSR count). The molecule has 0 radical (unpaired) electrons. The molecule has 3 unspecified atom stereocenters. The second-order valence-corrected chi connectivity index (χ2v) is 23.7. The summed E-state index contributed by atoms with van der Waals surface area (Å²) in [6.07, 6.45) is 8.09. The van der Waals surface area contributed by atoms with E-state index in [0.717, 1.165) is 125 Å². The van der Waals surface area contributed by atoms with E-state index in [-0.39, 0.29) is 11.9 Å². The summed E-state index contributed by atoms with van der Waals surface area (Å²) in [5.41, 5.74) is 12.5. The van der Waals surface area contributed by atoms with Gasteiger partial charge in [0, 0.05) is 64.9 Å². The van der Waals surface area contributed by atoms with Gasteiger partial charge in [-0.1, -0.05) is 114 Å². The topological polar surface area (TPSA) is 140 Å². The lowest BCUT2D eigenvalue weighted by atomic mass is 9.88. The second-order valence-electron chi connectivity index (χ2n) is 23.7. The van der Waals surface area contributed by atoms with Gasteiger partial charge in [-0.25, -0.2) is 0 Å². The van der Waals surface area contributed by atoms with Crippen LogP contribution in [0.4, 0.5) is 0 Å². The van der Waals surface area contributed by atoms with Crippen molar-refractivity contribution >= 4 is 0 Å². The number of benzene rings is 7. The van der Waals surface area contributed by atoms with Crippen LogP contribution in [0.3, 0.4) is 0 Å². The standard InChI is InChI=1S/C31H40O6.C26H36O4.C21H28O4/c1-7-22(2)25-12-14-28(15-13-25)36-17-23-8-10-24(11-9-23)18-37-31-27(20-33-4)16-26(19-32-3)30(35-6)29(31)21-34-5;1-4-20(2)23-9-15-26(16-10-23)30-19-29-25-13-7-22(8-14-25)18-28-24-11-5-21(6-12-24)17-27-3;1-5-15(2)17-6-8-20(9-7-17)25-12-16-10-18(13-23-3)21(22)19(11-16)14-24-4/h8-16,22H,7,17-21H2,1-6H3;5-6,9-12,15-16,20,22,25H,4,7-8,13-14,17-19H2,1-3H3;6-11,15,22H,5,12-14H2,1-4H3. The van der Waals surface area contributed by atoms with Crippen molar-refractivity contribution in [2.75, 3.05) is 63.2 Å². The van der Waals surface area contributed by atoms with E-state index in [4.69, 9.17) is 61.6 Å². The van der Waals surface area contributed by atoms with Gasteiger partial charge in [-0.2, -0.15) is 0 Å². The van der Waals surface area contributed by atoms with Crippen molar-refractivity contribution in [1.29, 1.82) is 0 Å². The van der Waals surface area contributed by atoms with Gasteiger partial charge in [0.15, 0.2) is 6.79 Å². The molecule has 7 aromatic carbocycles. The van der Waals surface area contributed by atoms with Crippen LogP contribution in [0.25, 0.3) is 0 Å². The molecule has 0 saturated heterocycles. The average molecular weight is 1270 g/mol. The lowest BCUT2D eigenvalue weighted by Gasteiger charge is -2.28. The second kappa shape index (κ2) is 40.8. The van der Waals surface area contributed by atoms with Gasteiger partial charge in [0.25, 0.3) is 0 Å². The highest BCUT2D eigenvalue weighted by Gasteiger charge is 2.24. The lowest BCUT2D eigenvalue weighted by molar-refractivity contribution is -0.0568. The largest absolute Gasteiger partial charge is 0.507 e. The third-order valence-electron chi connectivity index (χ3n) is 16.9. The van der Waals surface area contributed by atoms with E-state index >= 15 is 0 Å². The molecule has 1 aliphatic rings. The van der Waals surface area contributed by atoms with Crippen LogP contribution in [0.5, 0.6) is 40.2 Å². The van der Waals surface area contributed by atoms with Crippen LogP contribution >= 0.6 is 0 Å². The molecule has 1 saturated carbocycles. The fraction of sp³-hybridized carbons (Fsp3) is 0.462. The highest BCUT2D eigenvalue weighted by atomic mass is 16.7. The van der Waals surface area contributed by atoms with E-state index in [1.165, 1.54) is 16.7 Å². The van der Waals surface area contributed by atoms with Crippen LogP contribution in [0.2, 0.25) is 0 Å². The Hall–Kier alpha value is -7.14. The summed E-state index contributed by atoms with van der Waals surface area (Å²) < 4.78 is 73.4. The van der Waals surface area contributed by atoms with E-state index in [0.29, 0.717) is 101 Å². The smallest absolute Gasteiger partial charge is 0.189 e. The number of phenolic OH excluding ortho intramolecular Hbond substituents is 1. The first-order valence-corrected chi connectivity index (χ1v) is 32.5. The zero-order valence-electron chi connectivity index (χ0n) is 57.1. The quantitative estimate of drug-likeness (QED) is 0.0377. The third kappa shape index (κ3) is 23.8. The third-order valence-corrected chi connectivity index (χ3v) is 16.9. The predicted octanol–water partition coefficient (Wildman–Crippen LogP) is 17.9. The maximum Gasteiger partial charge on any atom is 0.189 e. The fourth-order valence-corrected chi connectivity index (χ4v) is 10.8. The van der Waals surface area contributed by atoms with E-state index in [2.05, 4.69) is 114 Å². The number of phenols is 1. The molecule has 1 fully saturated rings. The predicted molar refractivity (Wildman–Crippen MR) is 365 cm³/mol. The lowest BCUT2D eigenvalue weighted by Crippen LogP contribution is -2.26. The maximum atomic E-state index is 10.3. The Bertz CT molecular complexity index is 3110. The molecule has 0 aromatic heterocycles. The summed E-state index contributed by atoms with van der Waals surface area (Å²) in [5.74, 6) is 7.47. The first kappa shape index (κ1) is 73.9. The van der Waals surface area contributed by atoms with Crippen molar-refractivity contribution < 1.29 is 66.7 Å². The van der Waals surface area contributed by atoms with Gasteiger partial charge in [-0.3, -0.25) is 0 Å². The molecule has 7 aromatic rings. The molecule has 0 heterocycles. The number of rotatable bonds is 35. The normalized spacial score (nSPS) is 14.6. The van der Waals surface area contributed by atoms with Crippen molar-refractivity contribution in [1.82, 2.24) is 0 Å². The van der Waals surface area contributed by atoms with Gasteiger partial charge in [-0.15, -0.1) is 0 Å². The number of hydrogen-bond donors (Lipinski definition) is 1. The highest BCUT2D eigenvalue weighted by molar-refractivity contribution is 5.55. The summed E-state index contributed by atoms with van der Waals surface area (Å²) in [4.78, 5) is 0. The Balaban J connectivity index is 0.000000224. The van der Waals surface area contributed by atoms with Crippen molar-refractivity contribution in [3.63, 3.8) is 0 Å². The maximum absolute atomic E-state index is 10.3. The van der Waals surface area contributed by atoms with Gasteiger partial charge < -0.3 is 66.7 Å². The molecule has 1 aliphatic carbocycles. The van der Waals surface area contributed by atoms with Gasteiger partial charge in [-0.05, 0) is 174 Å². The van der Waals surface area contributed by atoms with Crippen LogP contribution in [0, 0.1) is 5.92 Å². The summed E-state index contributed by atoms with van der Waals surface area (Å²) in [7, 11) is 11.6. The average Bonchev–Trinajstić information content (AvgIpc) is 0.915. The zero-order valence-corrected chi connectivity index (χ0v) is 57.1. The van der Waals surface area contributed by atoms with Gasteiger partial charge in [0.1, 0.15) is 60.1 Å². The molecule has 0 bridgehead atoms. The summed E-state index contributed by atoms with van der Waals surface area (Å²) in [6.45, 7) is 18.3. The minimum Gasteiger partial charge on any atom is -0.507 e. The highest BCUT2D eigenvalue weighted by Crippen LogP contribution is 2.39. The first-order chi connectivity index (χ1) is 44.8. The van der Waals surface area contributed by atoms with Crippen molar-refractivity contribution in [2.24, 2.45) is 5.92 Å². The fourth-order valence-electron chi connectivity index (χ4n) is 10.8. The molecule has 14 nitrogen and oxygen atoms in total. The number of ether oxygens (including phenoxy) is 13. The molecular weight excluding hydrogens is 1160 g/mol. The molecule has 0 spiro atoms. The number of hydrogen-bond acceptors (Lipinski definition) is 14. The number of methoxy groups -OCH3 is 7. The van der Waals surface area contributed by atoms with Gasteiger partial charge >= 0.3 is 0 Å². The van der Waals surface area contributed by atoms with Crippen molar-refractivity contribution in [3.8, 4) is 40.2 Å². The monoisotopic (exact) mass is 1260 g/mol. The Morgan fingerprint density at radius 1 is 0.370 bits per heavy atom. The van der Waals surface area contributed by atoms with Gasteiger partial charge in [0.05, 0.1) is 65.0 Å². The number of aromatic hydroxyl groups is 1. The minimum absolute atomic E-state index is 0.227. The molecule has 14 heteroatoms. The van der Waals surface area contributed by atoms with Gasteiger partial charge in [0.2, 0.25) is 0 Å². The van der Waals surface area contributed by atoms with Crippen LogP contribution in [0.15, 0.2) is 140 Å². The van der Waals surface area contributed by atoms with E-state index in [1.807, 2.05) is 66.7 Å². The Morgan fingerprint density at radius 2 is 0.739 bits per heavy atom. The molecule has 0 aliphatic heterocycles. The SMILES string of the molecule is CCC(C)c1ccc(OCOC2CCC(COc3ccc(COC)cc3)CC2)cc1.CCC(C)c1ccc(OCc2cc(COC)c(O)c(COC)c2)cc1.CCC(C)c1ccc(OCc2ccc(COc3c(COC)cc(COC)c(OC)c3COC)cc2)cc1. The first-order valence-electron chi connectivity index (χ1n) is 32.5. The van der Waals surface area contributed by atoms with Crippen LogP contribution in [-0.4, -0.2) is 74.4 Å². The van der Waals surface area contributed by atoms with Crippen LogP contribution in [0.1, 0.15) is 171 Å². The Morgan fingerprint density at radius 3 is 1.17 bits per heavy atom. The molecule has 92 heavy (non-hydrogen) atoms. The van der Waals surface area contributed by atoms with Crippen molar-refractivity contribution in [3.05, 3.63) is 206 Å². The van der Waals surface area contributed by atoms with E-state index in [1.54, 1.807) is 49.8 Å². The zero-order chi connectivity index (χ0) is 66.0. The van der Waals surface area contributed by atoms with Crippen LogP contribution < -0.4 is 28.4 Å². The van der Waals surface area contributed by atoms with E-state index < -0.39 is 0 Å². The van der Waals surface area contributed by atoms with Crippen molar-refractivity contribution in [2.45, 2.75) is 170 Å². The Kier molecular flexibility index (Phi) is 32.7. The molecular formula is C78H104O14. The summed E-state index contributed by atoms with van der Waals surface area (Å²) in [6, 6.07) is 47.3. The summed E-state index contributed by atoms with van der Waals surface area (Å²) >= 11 is 0. The van der Waals surface area contributed by atoms with E-state index in [9.17, 15) is 5.11 Å². The summed E-state index contributed by atoms with van der Waals surface area (Å²) in [5, 5.41) is 10.3. The molecule has 3 atom stereocenters. The molecule has 500 valence electrons. The molecule has 1 N–H and O–H groups in total. The minimum atomic E-state index is 0.227. The van der Waals surface area contributed by atoms with Crippen LogP contribution in [-0.2, 0) is 92.6 Å².